The molecule has 1 atom stereocenters. The SMILES string of the molecule is Cn1c(CC[C@@H]2CCCN2Cc2ccc3c(c2)OCO3)cc2ccccc21. The highest BCUT2D eigenvalue weighted by molar-refractivity contribution is 5.81. The van der Waals surface area contributed by atoms with Crippen LogP contribution in [0.3, 0.4) is 0 Å². The molecule has 1 fully saturated rings. The second kappa shape index (κ2) is 6.93. The Balaban J connectivity index is 1.26. The molecule has 4 nitrogen and oxygen atoms in total. The van der Waals surface area contributed by atoms with E-state index < -0.39 is 0 Å². The maximum atomic E-state index is 5.53. The molecule has 5 rings (SSSR count). The van der Waals surface area contributed by atoms with E-state index in [0.717, 1.165) is 24.5 Å². The minimum Gasteiger partial charge on any atom is -0.454 e. The third kappa shape index (κ3) is 3.19. The van der Waals surface area contributed by atoms with Crippen LogP contribution < -0.4 is 9.47 Å². The van der Waals surface area contributed by atoms with Gasteiger partial charge in [-0.05, 0) is 67.4 Å². The number of nitrogens with zero attached hydrogens (tertiary/aromatic N) is 2. The number of para-hydroxylation sites is 1. The standard InChI is InChI=1S/C23H26N2O2/c1-24-20(14-18-5-2-3-7-21(18)24)10-9-19-6-4-12-25(19)15-17-8-11-22-23(13-17)27-16-26-22/h2-3,5,7-8,11,13-14,19H,4,6,9-10,12,15-16H2,1H3/t19-/m0/s1. The van der Waals surface area contributed by atoms with Crippen molar-refractivity contribution in [3.05, 3.63) is 59.8 Å². The Kier molecular flexibility index (Phi) is 4.29. The van der Waals surface area contributed by atoms with E-state index >= 15 is 0 Å². The zero-order valence-electron chi connectivity index (χ0n) is 15.9. The number of hydrogen-bond acceptors (Lipinski definition) is 3. The molecule has 0 bridgehead atoms. The minimum atomic E-state index is 0.343. The predicted octanol–water partition coefficient (Wildman–Crippen LogP) is 4.50. The molecule has 1 saturated heterocycles. The molecule has 4 heteroatoms. The van der Waals surface area contributed by atoms with E-state index in [0.29, 0.717) is 12.8 Å². The Hall–Kier alpha value is -2.46. The molecular weight excluding hydrogens is 336 g/mol. The van der Waals surface area contributed by atoms with E-state index in [1.165, 1.54) is 48.0 Å². The molecule has 0 aliphatic carbocycles. The molecule has 3 aromatic rings. The third-order valence-corrected chi connectivity index (χ3v) is 6.11. The Bertz CT molecular complexity index is 962. The van der Waals surface area contributed by atoms with Crippen molar-refractivity contribution in [1.82, 2.24) is 9.47 Å². The Morgan fingerprint density at radius 3 is 2.85 bits per heavy atom. The highest BCUT2D eigenvalue weighted by atomic mass is 16.7. The van der Waals surface area contributed by atoms with Gasteiger partial charge in [-0.15, -0.1) is 0 Å². The smallest absolute Gasteiger partial charge is 0.231 e. The van der Waals surface area contributed by atoms with Crippen molar-refractivity contribution >= 4 is 10.9 Å². The number of ether oxygens (including phenoxy) is 2. The molecule has 0 amide bonds. The molecular formula is C23H26N2O2. The van der Waals surface area contributed by atoms with Crippen LogP contribution in [0, 0.1) is 0 Å². The van der Waals surface area contributed by atoms with E-state index in [2.05, 4.69) is 59.0 Å². The summed E-state index contributed by atoms with van der Waals surface area (Å²) >= 11 is 0. The number of aromatic nitrogens is 1. The molecule has 0 saturated carbocycles. The number of hydrogen-bond donors (Lipinski definition) is 0. The summed E-state index contributed by atoms with van der Waals surface area (Å²) in [5.41, 5.74) is 4.08. The first-order valence-corrected chi connectivity index (χ1v) is 9.94. The summed E-state index contributed by atoms with van der Waals surface area (Å²) in [6.45, 7) is 2.53. The minimum absolute atomic E-state index is 0.343. The quantitative estimate of drug-likeness (QED) is 0.668. The van der Waals surface area contributed by atoms with Gasteiger partial charge in [0, 0.05) is 30.8 Å². The molecule has 2 aliphatic heterocycles. The van der Waals surface area contributed by atoms with Crippen molar-refractivity contribution in [3.63, 3.8) is 0 Å². The fourth-order valence-corrected chi connectivity index (χ4v) is 4.60. The maximum absolute atomic E-state index is 5.53. The third-order valence-electron chi connectivity index (χ3n) is 6.11. The molecule has 140 valence electrons. The Morgan fingerprint density at radius 1 is 1.04 bits per heavy atom. The van der Waals surface area contributed by atoms with Crippen molar-refractivity contribution in [2.45, 2.75) is 38.3 Å². The van der Waals surface area contributed by atoms with E-state index in [1.807, 2.05) is 6.07 Å². The van der Waals surface area contributed by atoms with Crippen LogP contribution in [0.15, 0.2) is 48.5 Å². The average Bonchev–Trinajstić information content (AvgIpc) is 3.40. The van der Waals surface area contributed by atoms with E-state index in [4.69, 9.17) is 9.47 Å². The summed E-state index contributed by atoms with van der Waals surface area (Å²) < 4.78 is 13.3. The summed E-state index contributed by atoms with van der Waals surface area (Å²) in [7, 11) is 2.19. The van der Waals surface area contributed by atoms with Crippen LogP contribution in [-0.2, 0) is 20.0 Å². The van der Waals surface area contributed by atoms with Crippen molar-refractivity contribution in [1.29, 1.82) is 0 Å². The van der Waals surface area contributed by atoms with Gasteiger partial charge in [-0.25, -0.2) is 0 Å². The Labute approximate surface area is 160 Å². The predicted molar refractivity (Wildman–Crippen MR) is 107 cm³/mol. The average molecular weight is 362 g/mol. The number of fused-ring (bicyclic) bond motifs is 2. The highest BCUT2D eigenvalue weighted by Crippen LogP contribution is 2.34. The largest absolute Gasteiger partial charge is 0.454 e. The van der Waals surface area contributed by atoms with E-state index in [1.54, 1.807) is 0 Å². The van der Waals surface area contributed by atoms with Crippen molar-refractivity contribution < 1.29 is 9.47 Å². The van der Waals surface area contributed by atoms with Gasteiger partial charge in [-0.1, -0.05) is 24.3 Å². The summed E-state index contributed by atoms with van der Waals surface area (Å²) in [4.78, 5) is 2.64. The van der Waals surface area contributed by atoms with Gasteiger partial charge < -0.3 is 14.0 Å². The van der Waals surface area contributed by atoms with Crippen LogP contribution in [0.25, 0.3) is 10.9 Å². The van der Waals surface area contributed by atoms with Gasteiger partial charge in [0.25, 0.3) is 0 Å². The van der Waals surface area contributed by atoms with Gasteiger partial charge in [0.1, 0.15) is 0 Å². The lowest BCUT2D eigenvalue weighted by Gasteiger charge is -2.24. The normalized spacial score (nSPS) is 19.2. The number of aryl methyl sites for hydroxylation is 2. The summed E-state index contributed by atoms with van der Waals surface area (Å²) in [6.07, 6.45) is 4.95. The zero-order valence-corrected chi connectivity index (χ0v) is 15.9. The van der Waals surface area contributed by atoms with Crippen LogP contribution in [0.2, 0.25) is 0 Å². The van der Waals surface area contributed by atoms with Crippen molar-refractivity contribution in [2.75, 3.05) is 13.3 Å². The molecule has 1 aromatic heterocycles. The lowest BCUT2D eigenvalue weighted by atomic mass is 10.1. The van der Waals surface area contributed by atoms with Gasteiger partial charge in [0.2, 0.25) is 6.79 Å². The first kappa shape index (κ1) is 16.7. The molecule has 0 radical (unpaired) electrons. The Morgan fingerprint density at radius 2 is 1.93 bits per heavy atom. The van der Waals surface area contributed by atoms with Gasteiger partial charge in [0.05, 0.1) is 0 Å². The summed E-state index contributed by atoms with van der Waals surface area (Å²) in [5, 5.41) is 1.35. The van der Waals surface area contributed by atoms with E-state index in [-0.39, 0.29) is 0 Å². The topological polar surface area (TPSA) is 26.6 Å². The first-order valence-electron chi connectivity index (χ1n) is 9.94. The van der Waals surface area contributed by atoms with Gasteiger partial charge in [-0.3, -0.25) is 4.90 Å². The molecule has 0 N–H and O–H groups in total. The van der Waals surface area contributed by atoms with Crippen LogP contribution in [0.5, 0.6) is 11.5 Å². The van der Waals surface area contributed by atoms with Gasteiger partial charge in [0.15, 0.2) is 11.5 Å². The second-order valence-corrected chi connectivity index (χ2v) is 7.75. The van der Waals surface area contributed by atoms with Crippen molar-refractivity contribution in [3.8, 4) is 11.5 Å². The second-order valence-electron chi connectivity index (χ2n) is 7.75. The molecule has 0 unspecified atom stereocenters. The lowest BCUT2D eigenvalue weighted by Crippen LogP contribution is -2.29. The number of rotatable bonds is 5. The fraction of sp³-hybridized carbons (Fsp3) is 0.391. The van der Waals surface area contributed by atoms with Crippen molar-refractivity contribution in [2.24, 2.45) is 7.05 Å². The monoisotopic (exact) mass is 362 g/mol. The van der Waals surface area contributed by atoms with E-state index in [9.17, 15) is 0 Å². The van der Waals surface area contributed by atoms with Crippen LogP contribution >= 0.6 is 0 Å². The highest BCUT2D eigenvalue weighted by Gasteiger charge is 2.25. The van der Waals surface area contributed by atoms with Crippen LogP contribution in [0.4, 0.5) is 0 Å². The zero-order chi connectivity index (χ0) is 18.2. The lowest BCUT2D eigenvalue weighted by molar-refractivity contribution is 0.174. The van der Waals surface area contributed by atoms with Crippen LogP contribution in [-0.4, -0.2) is 28.8 Å². The fourth-order valence-electron chi connectivity index (χ4n) is 4.60. The molecule has 27 heavy (non-hydrogen) atoms. The number of benzene rings is 2. The summed E-state index contributed by atoms with van der Waals surface area (Å²) in [5.74, 6) is 1.76. The maximum Gasteiger partial charge on any atom is 0.231 e. The molecule has 2 aromatic carbocycles. The van der Waals surface area contributed by atoms with Gasteiger partial charge >= 0.3 is 0 Å². The molecule has 2 aliphatic rings. The molecule has 3 heterocycles. The number of likely N-dealkylation sites (tertiary alicyclic amines) is 1. The summed E-state index contributed by atoms with van der Waals surface area (Å²) in [6, 6.07) is 18.0. The first-order chi connectivity index (χ1) is 13.3. The van der Waals surface area contributed by atoms with Crippen LogP contribution in [0.1, 0.15) is 30.5 Å². The van der Waals surface area contributed by atoms with Gasteiger partial charge in [-0.2, -0.15) is 0 Å². The molecule has 0 spiro atoms.